The Morgan fingerprint density at radius 1 is 1.23 bits per heavy atom. The van der Waals surface area contributed by atoms with Crippen LogP contribution in [-0.4, -0.2) is 52.9 Å². The SMILES string of the molecule is CCN1C(=O)/C(=C/c2cccc(OC)c2OC)SC1=Nc1ccc(C(=O)O)c(O)c1. The fourth-order valence-corrected chi connectivity index (χ4v) is 3.97. The molecule has 1 aliphatic rings. The monoisotopic (exact) mass is 428 g/mol. The molecule has 3 rings (SSSR count). The Hall–Kier alpha value is -3.46. The number of hydrogen-bond acceptors (Lipinski definition) is 7. The predicted octanol–water partition coefficient (Wildman–Crippen LogP) is 3.73. The van der Waals surface area contributed by atoms with Crippen molar-refractivity contribution in [3.63, 3.8) is 0 Å². The number of aromatic hydroxyl groups is 1. The number of phenols is 1. The Labute approximate surface area is 177 Å². The number of ether oxygens (including phenoxy) is 2. The van der Waals surface area contributed by atoms with Crippen LogP contribution in [0.25, 0.3) is 6.08 Å². The Bertz CT molecular complexity index is 1060. The van der Waals surface area contributed by atoms with Crippen LogP contribution in [0.15, 0.2) is 46.3 Å². The van der Waals surface area contributed by atoms with Gasteiger partial charge in [0.2, 0.25) is 0 Å². The van der Waals surface area contributed by atoms with Gasteiger partial charge in [-0.25, -0.2) is 9.79 Å². The van der Waals surface area contributed by atoms with Crippen molar-refractivity contribution in [1.82, 2.24) is 4.90 Å². The summed E-state index contributed by atoms with van der Waals surface area (Å²) in [6, 6.07) is 9.38. The van der Waals surface area contributed by atoms with Crippen LogP contribution in [0.4, 0.5) is 5.69 Å². The van der Waals surface area contributed by atoms with Gasteiger partial charge in [-0.15, -0.1) is 0 Å². The van der Waals surface area contributed by atoms with Crippen LogP contribution < -0.4 is 9.47 Å². The first-order valence-corrected chi connectivity index (χ1v) is 9.78. The molecule has 0 aromatic heterocycles. The van der Waals surface area contributed by atoms with Crippen molar-refractivity contribution in [2.75, 3.05) is 20.8 Å². The van der Waals surface area contributed by atoms with E-state index in [0.717, 1.165) is 0 Å². The second-order valence-corrected chi connectivity index (χ2v) is 7.15. The van der Waals surface area contributed by atoms with Gasteiger partial charge in [0, 0.05) is 18.2 Å². The molecule has 1 fully saturated rings. The maximum atomic E-state index is 12.9. The average molecular weight is 428 g/mol. The number of para-hydroxylation sites is 1. The highest BCUT2D eigenvalue weighted by Gasteiger charge is 2.32. The minimum atomic E-state index is -1.23. The molecule has 1 aliphatic heterocycles. The number of aromatic carboxylic acids is 1. The normalized spacial score (nSPS) is 16.4. The molecule has 0 radical (unpaired) electrons. The number of nitrogens with zero attached hydrogens (tertiary/aromatic N) is 2. The minimum absolute atomic E-state index is 0.211. The summed E-state index contributed by atoms with van der Waals surface area (Å²) in [5.41, 5.74) is 0.812. The van der Waals surface area contributed by atoms with Crippen LogP contribution in [0.5, 0.6) is 17.2 Å². The lowest BCUT2D eigenvalue weighted by molar-refractivity contribution is -0.122. The van der Waals surface area contributed by atoms with Gasteiger partial charge in [0.25, 0.3) is 5.91 Å². The van der Waals surface area contributed by atoms with Crippen LogP contribution in [0, 0.1) is 0 Å². The lowest BCUT2D eigenvalue weighted by Crippen LogP contribution is -2.28. The number of hydrogen-bond donors (Lipinski definition) is 2. The molecule has 0 spiro atoms. The largest absolute Gasteiger partial charge is 0.507 e. The third kappa shape index (κ3) is 4.11. The van der Waals surface area contributed by atoms with Crippen LogP contribution in [0.1, 0.15) is 22.8 Å². The van der Waals surface area contributed by atoms with Crippen molar-refractivity contribution in [1.29, 1.82) is 0 Å². The summed E-state index contributed by atoms with van der Waals surface area (Å²) in [4.78, 5) is 30.3. The third-order valence-electron chi connectivity index (χ3n) is 4.36. The number of thioether (sulfide) groups is 1. The van der Waals surface area contributed by atoms with E-state index in [-0.39, 0.29) is 11.5 Å². The molecule has 156 valence electrons. The Morgan fingerprint density at radius 2 is 2.00 bits per heavy atom. The van der Waals surface area contributed by atoms with E-state index in [1.54, 1.807) is 25.3 Å². The zero-order chi connectivity index (χ0) is 21.8. The van der Waals surface area contributed by atoms with Crippen LogP contribution in [0.2, 0.25) is 0 Å². The topological polar surface area (TPSA) is 109 Å². The first-order valence-electron chi connectivity index (χ1n) is 8.97. The van der Waals surface area contributed by atoms with Gasteiger partial charge < -0.3 is 19.7 Å². The molecular weight excluding hydrogens is 408 g/mol. The van der Waals surface area contributed by atoms with Gasteiger partial charge in [-0.2, -0.15) is 0 Å². The number of carboxylic acid groups (broad SMARTS) is 1. The van der Waals surface area contributed by atoms with E-state index in [1.807, 2.05) is 13.0 Å². The fourth-order valence-electron chi connectivity index (χ4n) is 2.92. The van der Waals surface area contributed by atoms with Gasteiger partial charge in [0.15, 0.2) is 16.7 Å². The predicted molar refractivity (Wildman–Crippen MR) is 115 cm³/mol. The molecule has 2 aromatic carbocycles. The smallest absolute Gasteiger partial charge is 0.339 e. The molecule has 0 unspecified atom stereocenters. The van der Waals surface area contributed by atoms with Gasteiger partial charge in [0.1, 0.15) is 11.3 Å². The van der Waals surface area contributed by atoms with Crippen molar-refractivity contribution in [3.8, 4) is 17.2 Å². The Balaban J connectivity index is 1.98. The van der Waals surface area contributed by atoms with Crippen molar-refractivity contribution >= 4 is 40.6 Å². The van der Waals surface area contributed by atoms with E-state index >= 15 is 0 Å². The highest BCUT2D eigenvalue weighted by atomic mass is 32.2. The van der Waals surface area contributed by atoms with Crippen molar-refractivity contribution < 1.29 is 29.3 Å². The zero-order valence-electron chi connectivity index (χ0n) is 16.6. The number of carbonyl (C=O) groups excluding carboxylic acids is 1. The molecular formula is C21H20N2O6S. The number of rotatable bonds is 6. The molecule has 0 bridgehead atoms. The minimum Gasteiger partial charge on any atom is -0.507 e. The quantitative estimate of drug-likeness (QED) is 0.675. The standard InChI is InChI=1S/C21H20N2O6S/c1-4-23-19(25)17(10-12-6-5-7-16(28-2)18(12)29-3)30-21(23)22-13-8-9-14(20(26)27)15(24)11-13/h5-11,24H,4H2,1-3H3,(H,26,27)/b17-10-,22-21?. The maximum absolute atomic E-state index is 12.9. The fraction of sp³-hybridized carbons (Fsp3) is 0.190. The van der Waals surface area contributed by atoms with E-state index < -0.39 is 11.7 Å². The number of methoxy groups -OCH3 is 2. The highest BCUT2D eigenvalue weighted by Crippen LogP contribution is 2.38. The molecule has 1 heterocycles. The number of amides is 1. The molecule has 2 N–H and O–H groups in total. The van der Waals surface area contributed by atoms with Gasteiger partial charge in [-0.3, -0.25) is 9.69 Å². The number of carbonyl (C=O) groups is 2. The van der Waals surface area contributed by atoms with E-state index in [2.05, 4.69) is 4.99 Å². The highest BCUT2D eigenvalue weighted by molar-refractivity contribution is 8.18. The number of likely N-dealkylation sites (N-methyl/N-ethyl adjacent to an activating group) is 1. The van der Waals surface area contributed by atoms with Crippen LogP contribution in [0.3, 0.4) is 0 Å². The Morgan fingerprint density at radius 3 is 2.60 bits per heavy atom. The van der Waals surface area contributed by atoms with E-state index in [9.17, 15) is 14.7 Å². The second kappa shape index (κ2) is 8.91. The van der Waals surface area contributed by atoms with Gasteiger partial charge in [-0.05, 0) is 43.0 Å². The van der Waals surface area contributed by atoms with Crippen molar-refractivity contribution in [3.05, 3.63) is 52.4 Å². The summed E-state index contributed by atoms with van der Waals surface area (Å²) in [6.45, 7) is 2.23. The number of amidine groups is 1. The number of carboxylic acids is 1. The number of aliphatic imine (C=N–C) groups is 1. The van der Waals surface area contributed by atoms with Gasteiger partial charge in [-0.1, -0.05) is 12.1 Å². The zero-order valence-corrected chi connectivity index (χ0v) is 17.4. The average Bonchev–Trinajstić information content (AvgIpc) is 3.01. The van der Waals surface area contributed by atoms with E-state index in [1.165, 1.54) is 42.0 Å². The van der Waals surface area contributed by atoms with Crippen LogP contribution in [-0.2, 0) is 4.79 Å². The van der Waals surface area contributed by atoms with Gasteiger partial charge >= 0.3 is 5.97 Å². The molecule has 0 atom stereocenters. The summed E-state index contributed by atoms with van der Waals surface area (Å²) in [5.74, 6) is -0.762. The lowest BCUT2D eigenvalue weighted by Gasteiger charge is -2.12. The second-order valence-electron chi connectivity index (χ2n) is 6.14. The molecule has 0 saturated carbocycles. The molecule has 9 heteroatoms. The van der Waals surface area contributed by atoms with E-state index in [0.29, 0.717) is 39.4 Å². The molecule has 1 amide bonds. The van der Waals surface area contributed by atoms with E-state index in [4.69, 9.17) is 14.6 Å². The van der Waals surface area contributed by atoms with Crippen molar-refractivity contribution in [2.45, 2.75) is 6.92 Å². The Kier molecular flexibility index (Phi) is 6.31. The molecule has 8 nitrogen and oxygen atoms in total. The summed E-state index contributed by atoms with van der Waals surface area (Å²) >= 11 is 1.18. The molecule has 0 aliphatic carbocycles. The molecule has 2 aromatic rings. The van der Waals surface area contributed by atoms with Gasteiger partial charge in [0.05, 0.1) is 24.8 Å². The third-order valence-corrected chi connectivity index (χ3v) is 5.37. The molecule has 30 heavy (non-hydrogen) atoms. The maximum Gasteiger partial charge on any atom is 0.339 e. The summed E-state index contributed by atoms with van der Waals surface area (Å²) < 4.78 is 10.7. The summed E-state index contributed by atoms with van der Waals surface area (Å²) in [7, 11) is 3.07. The summed E-state index contributed by atoms with van der Waals surface area (Å²) in [5, 5.41) is 19.4. The molecule has 1 saturated heterocycles. The first-order chi connectivity index (χ1) is 14.4. The number of benzene rings is 2. The first kappa shape index (κ1) is 21.3. The lowest BCUT2D eigenvalue weighted by atomic mass is 10.1. The van der Waals surface area contributed by atoms with Crippen molar-refractivity contribution in [2.24, 2.45) is 4.99 Å². The summed E-state index contributed by atoms with van der Waals surface area (Å²) in [6.07, 6.45) is 1.71. The van der Waals surface area contributed by atoms with Crippen LogP contribution >= 0.6 is 11.8 Å².